The molecule has 3 N–H and O–H groups in total. The number of amides is 1. The average molecular weight is 233 g/mol. The highest BCUT2D eigenvalue weighted by Crippen LogP contribution is 2.14. The molecule has 6 nitrogen and oxygen atoms in total. The molecule has 0 saturated carbocycles. The van der Waals surface area contributed by atoms with Crippen LogP contribution in [0.5, 0.6) is 0 Å². The highest BCUT2D eigenvalue weighted by molar-refractivity contribution is 5.95. The highest BCUT2D eigenvalue weighted by atomic mass is 16.5. The summed E-state index contributed by atoms with van der Waals surface area (Å²) in [4.78, 5) is 22.4. The van der Waals surface area contributed by atoms with Gasteiger partial charge >= 0.3 is 5.97 Å². The van der Waals surface area contributed by atoms with Gasteiger partial charge in [0.05, 0.1) is 17.3 Å². The van der Waals surface area contributed by atoms with Crippen LogP contribution in [0.2, 0.25) is 0 Å². The van der Waals surface area contributed by atoms with E-state index in [1.807, 2.05) is 0 Å². The molecule has 88 valence electrons. The van der Waals surface area contributed by atoms with Crippen molar-refractivity contribution in [3.8, 4) is 0 Å². The third-order valence-corrected chi connectivity index (χ3v) is 2.36. The Labute approximate surface area is 96.7 Å². The predicted octanol–water partition coefficient (Wildman–Crippen LogP) is 0.594. The Kier molecular flexibility index (Phi) is 2.78. The largest absolute Gasteiger partial charge is 0.449 e. The van der Waals surface area contributed by atoms with Crippen LogP contribution in [0, 0.1) is 0 Å². The number of carbonyl (C=O) groups excluding carboxylic acids is 2. The predicted molar refractivity (Wildman–Crippen MR) is 60.2 cm³/mol. The topological polar surface area (TPSA) is 98.1 Å². The number of fused-ring (bicyclic) bond motifs is 1. The first-order chi connectivity index (χ1) is 8.08. The average Bonchev–Trinajstić information content (AvgIpc) is 2.75. The zero-order chi connectivity index (χ0) is 12.4. The Morgan fingerprint density at radius 3 is 2.94 bits per heavy atom. The molecule has 1 atom stereocenters. The maximum absolute atomic E-state index is 11.7. The Balaban J connectivity index is 2.21. The zero-order valence-electron chi connectivity index (χ0n) is 9.14. The second-order valence-electron chi connectivity index (χ2n) is 3.62. The first kappa shape index (κ1) is 11.1. The quantitative estimate of drug-likeness (QED) is 0.758. The third-order valence-electron chi connectivity index (χ3n) is 2.36. The fourth-order valence-corrected chi connectivity index (χ4v) is 1.35. The smallest absolute Gasteiger partial charge is 0.338 e. The van der Waals surface area contributed by atoms with Gasteiger partial charge in [-0.05, 0) is 19.1 Å². The molecule has 1 heterocycles. The summed E-state index contributed by atoms with van der Waals surface area (Å²) in [5.41, 5.74) is 6.07. The third kappa shape index (κ3) is 2.25. The van der Waals surface area contributed by atoms with Crippen molar-refractivity contribution in [3.63, 3.8) is 0 Å². The van der Waals surface area contributed by atoms with Crippen molar-refractivity contribution < 1.29 is 14.3 Å². The summed E-state index contributed by atoms with van der Waals surface area (Å²) in [5.74, 6) is -1.27. The van der Waals surface area contributed by atoms with Crippen molar-refractivity contribution >= 4 is 22.8 Å². The van der Waals surface area contributed by atoms with E-state index in [4.69, 9.17) is 10.5 Å². The van der Waals surface area contributed by atoms with Crippen molar-refractivity contribution in [2.45, 2.75) is 13.0 Å². The van der Waals surface area contributed by atoms with Gasteiger partial charge in [-0.2, -0.15) is 5.10 Å². The van der Waals surface area contributed by atoms with E-state index in [0.29, 0.717) is 5.56 Å². The molecule has 17 heavy (non-hydrogen) atoms. The Bertz CT molecular complexity index is 576. The zero-order valence-corrected chi connectivity index (χ0v) is 9.14. The number of rotatable bonds is 3. The number of aromatic nitrogens is 2. The van der Waals surface area contributed by atoms with E-state index in [0.717, 1.165) is 10.9 Å². The van der Waals surface area contributed by atoms with Crippen molar-refractivity contribution in [2.24, 2.45) is 5.73 Å². The van der Waals surface area contributed by atoms with Gasteiger partial charge in [-0.25, -0.2) is 4.79 Å². The summed E-state index contributed by atoms with van der Waals surface area (Å²) < 4.78 is 4.88. The molecule has 0 unspecified atom stereocenters. The van der Waals surface area contributed by atoms with Crippen LogP contribution < -0.4 is 5.73 Å². The number of hydrogen-bond acceptors (Lipinski definition) is 4. The van der Waals surface area contributed by atoms with Crippen LogP contribution >= 0.6 is 0 Å². The number of benzene rings is 1. The molecule has 0 spiro atoms. The molecule has 0 aliphatic rings. The summed E-state index contributed by atoms with van der Waals surface area (Å²) in [6.45, 7) is 1.43. The van der Waals surface area contributed by atoms with Gasteiger partial charge in [0.2, 0.25) is 0 Å². The van der Waals surface area contributed by atoms with Gasteiger partial charge in [-0.3, -0.25) is 9.89 Å². The molecule has 6 heteroatoms. The summed E-state index contributed by atoms with van der Waals surface area (Å²) in [6, 6.07) is 4.96. The van der Waals surface area contributed by atoms with Gasteiger partial charge in [-0.1, -0.05) is 6.07 Å². The molecule has 1 aromatic carbocycles. The summed E-state index contributed by atoms with van der Waals surface area (Å²) in [7, 11) is 0. The van der Waals surface area contributed by atoms with Crippen LogP contribution in [0.1, 0.15) is 17.3 Å². The standard InChI is InChI=1S/C11H11N3O3/c1-6(10(12)15)17-11(16)7-2-3-8-5-13-14-9(8)4-7/h2-6H,1H3,(H2,12,15)(H,13,14)/t6-/m1/s1. The molecule has 2 aromatic rings. The molecular weight excluding hydrogens is 222 g/mol. The summed E-state index contributed by atoms with van der Waals surface area (Å²) in [6.07, 6.45) is 0.705. The van der Waals surface area contributed by atoms with Crippen LogP contribution in [-0.4, -0.2) is 28.2 Å². The van der Waals surface area contributed by atoms with Gasteiger partial charge in [0.1, 0.15) is 0 Å². The van der Waals surface area contributed by atoms with E-state index in [1.54, 1.807) is 24.4 Å². The second-order valence-corrected chi connectivity index (χ2v) is 3.62. The summed E-state index contributed by atoms with van der Waals surface area (Å²) in [5, 5.41) is 7.47. The maximum Gasteiger partial charge on any atom is 0.338 e. The van der Waals surface area contributed by atoms with Gasteiger partial charge in [0.25, 0.3) is 5.91 Å². The fraction of sp³-hybridized carbons (Fsp3) is 0.182. The molecule has 0 aliphatic carbocycles. The first-order valence-corrected chi connectivity index (χ1v) is 5.01. The van der Waals surface area contributed by atoms with Crippen LogP contribution in [0.15, 0.2) is 24.4 Å². The Morgan fingerprint density at radius 2 is 2.24 bits per heavy atom. The number of carbonyl (C=O) groups is 2. The van der Waals surface area contributed by atoms with Gasteiger partial charge < -0.3 is 10.5 Å². The van der Waals surface area contributed by atoms with Crippen molar-refractivity contribution in [1.29, 1.82) is 0 Å². The summed E-state index contributed by atoms with van der Waals surface area (Å²) >= 11 is 0. The van der Waals surface area contributed by atoms with Gasteiger partial charge in [0.15, 0.2) is 6.10 Å². The highest BCUT2D eigenvalue weighted by Gasteiger charge is 2.16. The van der Waals surface area contributed by atoms with Crippen LogP contribution in [0.4, 0.5) is 0 Å². The molecule has 0 aliphatic heterocycles. The van der Waals surface area contributed by atoms with Crippen molar-refractivity contribution in [1.82, 2.24) is 10.2 Å². The van der Waals surface area contributed by atoms with Crippen LogP contribution in [0.25, 0.3) is 10.9 Å². The fourth-order valence-electron chi connectivity index (χ4n) is 1.35. The second kappa shape index (κ2) is 4.25. The number of esters is 1. The number of H-pyrrole nitrogens is 1. The van der Waals surface area contributed by atoms with E-state index in [2.05, 4.69) is 10.2 Å². The van der Waals surface area contributed by atoms with E-state index in [-0.39, 0.29) is 0 Å². The Morgan fingerprint density at radius 1 is 1.47 bits per heavy atom. The first-order valence-electron chi connectivity index (χ1n) is 5.01. The molecule has 0 saturated heterocycles. The molecule has 0 fully saturated rings. The molecule has 2 rings (SSSR count). The normalized spacial score (nSPS) is 12.3. The van der Waals surface area contributed by atoms with Gasteiger partial charge in [-0.15, -0.1) is 0 Å². The molecular formula is C11H11N3O3. The van der Waals surface area contributed by atoms with E-state index < -0.39 is 18.0 Å². The van der Waals surface area contributed by atoms with Crippen molar-refractivity contribution in [2.75, 3.05) is 0 Å². The van der Waals surface area contributed by atoms with Crippen molar-refractivity contribution in [3.05, 3.63) is 30.0 Å². The number of nitrogens with zero attached hydrogens (tertiary/aromatic N) is 1. The number of nitrogens with one attached hydrogen (secondary N) is 1. The minimum Gasteiger partial charge on any atom is -0.449 e. The molecule has 1 aromatic heterocycles. The minimum atomic E-state index is -0.944. The lowest BCUT2D eigenvalue weighted by molar-refractivity contribution is -0.125. The van der Waals surface area contributed by atoms with Crippen LogP contribution in [-0.2, 0) is 9.53 Å². The lowest BCUT2D eigenvalue weighted by Gasteiger charge is -2.09. The maximum atomic E-state index is 11.7. The van der Waals surface area contributed by atoms with Gasteiger partial charge in [0, 0.05) is 5.39 Å². The number of ether oxygens (including phenoxy) is 1. The monoisotopic (exact) mass is 233 g/mol. The number of nitrogens with two attached hydrogens (primary N) is 1. The number of aromatic amines is 1. The van der Waals surface area contributed by atoms with E-state index >= 15 is 0 Å². The SMILES string of the molecule is C[C@@H](OC(=O)c1ccc2cn[nH]c2c1)C(N)=O. The lowest BCUT2D eigenvalue weighted by Crippen LogP contribution is -2.30. The van der Waals surface area contributed by atoms with E-state index in [9.17, 15) is 9.59 Å². The molecule has 0 radical (unpaired) electrons. The number of hydrogen-bond donors (Lipinski definition) is 2. The van der Waals surface area contributed by atoms with E-state index in [1.165, 1.54) is 6.92 Å². The lowest BCUT2D eigenvalue weighted by atomic mass is 10.2. The van der Waals surface area contributed by atoms with Crippen LogP contribution in [0.3, 0.4) is 0 Å². The number of primary amides is 1. The molecule has 1 amide bonds. The Hall–Kier alpha value is -2.37. The molecule has 0 bridgehead atoms. The minimum absolute atomic E-state index is 0.342.